The van der Waals surface area contributed by atoms with E-state index in [9.17, 15) is 29.1 Å². The Morgan fingerprint density at radius 1 is 0.921 bits per heavy atom. The predicted molar refractivity (Wildman–Crippen MR) is 136 cm³/mol. The zero-order valence-electron chi connectivity index (χ0n) is 21.2. The number of benzene rings is 1. The SMILES string of the molecule is CC(C)C(NC(=O)C(CCC(=O)O)NC(=O)C(Cc1ccccc1)NC(=O)C(N)Cc1cnc[nH]1)C(=O)O. The van der Waals surface area contributed by atoms with E-state index in [4.69, 9.17) is 10.8 Å². The maximum absolute atomic E-state index is 13.3. The molecule has 13 nitrogen and oxygen atoms in total. The molecule has 0 aliphatic heterocycles. The number of hydrogen-bond donors (Lipinski definition) is 7. The number of carbonyl (C=O) groups is 5. The van der Waals surface area contributed by atoms with Crippen LogP contribution in [-0.2, 0) is 36.8 Å². The molecular formula is C25H34N6O7. The second-order valence-corrected chi connectivity index (χ2v) is 9.20. The summed E-state index contributed by atoms with van der Waals surface area (Å²) in [4.78, 5) is 68.5. The van der Waals surface area contributed by atoms with Gasteiger partial charge < -0.3 is 36.9 Å². The molecule has 0 radical (unpaired) electrons. The molecule has 38 heavy (non-hydrogen) atoms. The average molecular weight is 531 g/mol. The van der Waals surface area contributed by atoms with E-state index in [1.807, 2.05) is 0 Å². The van der Waals surface area contributed by atoms with E-state index in [2.05, 4.69) is 25.9 Å². The summed E-state index contributed by atoms with van der Waals surface area (Å²) in [5.41, 5.74) is 7.36. The summed E-state index contributed by atoms with van der Waals surface area (Å²) < 4.78 is 0. The summed E-state index contributed by atoms with van der Waals surface area (Å²) in [5, 5.41) is 26.0. The molecule has 0 fully saturated rings. The fraction of sp³-hybridized carbons (Fsp3) is 0.440. The minimum atomic E-state index is -1.35. The number of nitrogens with two attached hydrogens (primary N) is 1. The molecule has 1 heterocycles. The summed E-state index contributed by atoms with van der Waals surface area (Å²) in [6.45, 7) is 3.20. The van der Waals surface area contributed by atoms with E-state index >= 15 is 0 Å². The first-order chi connectivity index (χ1) is 18.0. The first kappa shape index (κ1) is 30.0. The standard InChI is InChI=1S/C25H34N6O7/c1-14(2)21(25(37)38)31-23(35)18(8-9-20(32)33)29-24(36)19(10-15-6-4-3-5-7-15)30-22(34)17(26)11-16-12-27-13-28-16/h3-7,12-14,17-19,21H,8-11,26H2,1-2H3,(H,27,28)(H,29,36)(H,30,34)(H,31,35)(H,32,33)(H,37,38). The van der Waals surface area contributed by atoms with E-state index in [1.54, 1.807) is 44.2 Å². The second-order valence-electron chi connectivity index (χ2n) is 9.20. The highest BCUT2D eigenvalue weighted by atomic mass is 16.4. The third-order valence-corrected chi connectivity index (χ3v) is 5.76. The van der Waals surface area contributed by atoms with Gasteiger partial charge in [0, 0.05) is 31.2 Å². The first-order valence-corrected chi connectivity index (χ1v) is 12.1. The summed E-state index contributed by atoms with van der Waals surface area (Å²) in [7, 11) is 0. The van der Waals surface area contributed by atoms with Gasteiger partial charge in [0.15, 0.2) is 0 Å². The molecule has 1 aromatic carbocycles. The molecule has 1 aromatic heterocycles. The van der Waals surface area contributed by atoms with Crippen LogP contribution >= 0.6 is 0 Å². The van der Waals surface area contributed by atoms with Crippen molar-refractivity contribution < 1.29 is 34.2 Å². The molecule has 13 heteroatoms. The number of nitrogens with one attached hydrogen (secondary N) is 4. The molecule has 0 aliphatic rings. The number of aliphatic carboxylic acids is 2. The fourth-order valence-electron chi connectivity index (χ4n) is 3.64. The summed E-state index contributed by atoms with van der Waals surface area (Å²) in [5.74, 6) is -5.15. The third-order valence-electron chi connectivity index (χ3n) is 5.76. The molecule has 3 amide bonds. The number of imidazole rings is 1. The van der Waals surface area contributed by atoms with Gasteiger partial charge in [0.25, 0.3) is 0 Å². The number of carboxylic acid groups (broad SMARTS) is 2. The third kappa shape index (κ3) is 9.65. The predicted octanol–water partition coefficient (Wildman–Crippen LogP) is -0.418. The van der Waals surface area contributed by atoms with E-state index in [1.165, 1.54) is 12.5 Å². The zero-order valence-corrected chi connectivity index (χ0v) is 21.2. The monoisotopic (exact) mass is 530 g/mol. The van der Waals surface area contributed by atoms with Gasteiger partial charge in [-0.05, 0) is 17.9 Å². The Labute approximate surface area is 219 Å². The van der Waals surface area contributed by atoms with Crippen molar-refractivity contribution in [2.24, 2.45) is 11.7 Å². The highest BCUT2D eigenvalue weighted by Crippen LogP contribution is 2.08. The molecule has 4 atom stereocenters. The van der Waals surface area contributed by atoms with Gasteiger partial charge in [-0.1, -0.05) is 44.2 Å². The van der Waals surface area contributed by atoms with Gasteiger partial charge in [0.1, 0.15) is 18.1 Å². The van der Waals surface area contributed by atoms with E-state index in [0.717, 1.165) is 0 Å². The molecule has 0 aliphatic carbocycles. The molecular weight excluding hydrogens is 496 g/mol. The largest absolute Gasteiger partial charge is 0.481 e. The number of nitrogens with zero attached hydrogens (tertiary/aromatic N) is 1. The molecule has 0 spiro atoms. The van der Waals surface area contributed by atoms with Crippen LogP contribution in [0.5, 0.6) is 0 Å². The lowest BCUT2D eigenvalue weighted by Gasteiger charge is -2.26. The van der Waals surface area contributed by atoms with Crippen LogP contribution < -0.4 is 21.7 Å². The number of amides is 3. The van der Waals surface area contributed by atoms with Gasteiger partial charge in [-0.2, -0.15) is 0 Å². The van der Waals surface area contributed by atoms with Crippen LogP contribution in [0, 0.1) is 5.92 Å². The quantitative estimate of drug-likeness (QED) is 0.159. The van der Waals surface area contributed by atoms with Gasteiger partial charge in [-0.25, -0.2) is 9.78 Å². The molecule has 206 valence electrons. The Hall–Kier alpha value is -4.26. The molecule has 8 N–H and O–H groups in total. The van der Waals surface area contributed by atoms with Crippen LogP contribution in [0.1, 0.15) is 37.9 Å². The number of aromatic amines is 1. The van der Waals surface area contributed by atoms with Crippen molar-refractivity contribution >= 4 is 29.7 Å². The summed E-state index contributed by atoms with van der Waals surface area (Å²) in [6, 6.07) is 4.07. The number of carbonyl (C=O) groups excluding carboxylic acids is 3. The number of H-pyrrole nitrogens is 1. The van der Waals surface area contributed by atoms with Gasteiger partial charge in [0.05, 0.1) is 12.4 Å². The summed E-state index contributed by atoms with van der Waals surface area (Å²) in [6.07, 6.45) is 2.43. The number of carboxylic acids is 2. The molecule has 4 unspecified atom stereocenters. The number of hydrogen-bond acceptors (Lipinski definition) is 7. The Balaban J connectivity index is 2.22. The highest BCUT2D eigenvalue weighted by molar-refractivity contribution is 5.94. The fourth-order valence-corrected chi connectivity index (χ4v) is 3.64. The van der Waals surface area contributed by atoms with Crippen LogP contribution in [0.4, 0.5) is 0 Å². The normalized spacial score (nSPS) is 14.1. The van der Waals surface area contributed by atoms with Crippen molar-refractivity contribution in [3.63, 3.8) is 0 Å². The lowest BCUT2D eigenvalue weighted by molar-refractivity contribution is -0.144. The lowest BCUT2D eigenvalue weighted by atomic mass is 10.0. The van der Waals surface area contributed by atoms with Crippen molar-refractivity contribution in [3.8, 4) is 0 Å². The lowest BCUT2D eigenvalue weighted by Crippen LogP contribution is -2.58. The van der Waals surface area contributed by atoms with Crippen molar-refractivity contribution in [2.45, 2.75) is 63.7 Å². The summed E-state index contributed by atoms with van der Waals surface area (Å²) >= 11 is 0. The van der Waals surface area contributed by atoms with Crippen molar-refractivity contribution in [1.29, 1.82) is 0 Å². The van der Waals surface area contributed by atoms with Gasteiger partial charge in [-0.3, -0.25) is 19.2 Å². The minimum Gasteiger partial charge on any atom is -0.481 e. The van der Waals surface area contributed by atoms with Crippen molar-refractivity contribution in [2.75, 3.05) is 0 Å². The van der Waals surface area contributed by atoms with Gasteiger partial charge in [-0.15, -0.1) is 0 Å². The second kappa shape index (κ2) is 14.5. The van der Waals surface area contributed by atoms with E-state index in [0.29, 0.717) is 11.3 Å². The maximum Gasteiger partial charge on any atom is 0.326 e. The smallest absolute Gasteiger partial charge is 0.326 e. The van der Waals surface area contributed by atoms with Gasteiger partial charge in [0.2, 0.25) is 17.7 Å². The molecule has 0 saturated carbocycles. The number of aromatic nitrogens is 2. The van der Waals surface area contributed by atoms with Gasteiger partial charge >= 0.3 is 11.9 Å². The Kier molecular flexibility index (Phi) is 11.4. The Morgan fingerprint density at radius 2 is 1.55 bits per heavy atom. The molecule has 0 saturated heterocycles. The average Bonchev–Trinajstić information content (AvgIpc) is 3.37. The van der Waals surface area contributed by atoms with E-state index < -0.39 is 66.2 Å². The highest BCUT2D eigenvalue weighted by Gasteiger charge is 2.31. The topological polar surface area (TPSA) is 217 Å². The van der Waals surface area contributed by atoms with Crippen molar-refractivity contribution in [3.05, 3.63) is 54.1 Å². The van der Waals surface area contributed by atoms with Crippen LogP contribution in [-0.4, -0.2) is 74.0 Å². The first-order valence-electron chi connectivity index (χ1n) is 12.1. The van der Waals surface area contributed by atoms with Crippen LogP contribution in [0.25, 0.3) is 0 Å². The molecule has 0 bridgehead atoms. The van der Waals surface area contributed by atoms with E-state index in [-0.39, 0.29) is 19.3 Å². The van der Waals surface area contributed by atoms with Crippen LogP contribution in [0.2, 0.25) is 0 Å². The Bertz CT molecular complexity index is 1090. The Morgan fingerprint density at radius 3 is 2.11 bits per heavy atom. The molecule has 2 aromatic rings. The maximum atomic E-state index is 13.3. The van der Waals surface area contributed by atoms with Crippen LogP contribution in [0.3, 0.4) is 0 Å². The van der Waals surface area contributed by atoms with Crippen LogP contribution in [0.15, 0.2) is 42.9 Å². The number of rotatable bonds is 15. The van der Waals surface area contributed by atoms with Crippen molar-refractivity contribution in [1.82, 2.24) is 25.9 Å². The minimum absolute atomic E-state index is 0.0617. The zero-order chi connectivity index (χ0) is 28.2. The molecule has 2 rings (SSSR count).